The SMILES string of the molecule is CCN=C(NC(C)(C)C)P(c1ccccc1)c1ccccc1.CC[N-]C(C)[N-]C(C)(C)C.CC[N-]C([N-]C(C)(C)C)P(c1ccccc1)c1ccccc1.[CH3-].[CH3-].[Hf]. The van der Waals surface area contributed by atoms with E-state index in [4.69, 9.17) is 15.6 Å². The van der Waals surface area contributed by atoms with Crippen LogP contribution < -0.4 is 26.5 Å². The molecular weight excluding hydrogens is 901 g/mol. The first-order valence-corrected chi connectivity index (χ1v) is 22.1. The van der Waals surface area contributed by atoms with Gasteiger partial charge in [-0.1, -0.05) is 185 Å². The predicted molar refractivity (Wildman–Crippen MR) is 259 cm³/mol. The van der Waals surface area contributed by atoms with Crippen LogP contribution in [0.25, 0.3) is 21.3 Å². The van der Waals surface area contributed by atoms with Gasteiger partial charge in [0.15, 0.2) is 0 Å². The molecule has 6 nitrogen and oxygen atoms in total. The molecule has 0 aliphatic heterocycles. The summed E-state index contributed by atoms with van der Waals surface area (Å²) in [5.74, 6) is 0.00444. The Balaban J connectivity index is 0. The van der Waals surface area contributed by atoms with Crippen molar-refractivity contribution in [3.63, 3.8) is 0 Å². The maximum Gasteiger partial charge on any atom is 0.129 e. The van der Waals surface area contributed by atoms with Gasteiger partial charge in [-0.2, -0.15) is 13.1 Å². The second-order valence-corrected chi connectivity index (χ2v) is 20.2. The van der Waals surface area contributed by atoms with Gasteiger partial charge in [-0.3, -0.25) is 4.99 Å². The molecule has 0 saturated carbocycles. The molecule has 316 valence electrons. The maximum atomic E-state index is 5.01. The van der Waals surface area contributed by atoms with E-state index in [1.54, 1.807) is 0 Å². The Labute approximate surface area is 372 Å². The van der Waals surface area contributed by atoms with Crippen LogP contribution in [0, 0.1) is 14.9 Å². The third-order valence-corrected chi connectivity index (χ3v) is 12.0. The summed E-state index contributed by atoms with van der Waals surface area (Å²) in [5.41, 5.74) is 1.06. The summed E-state index contributed by atoms with van der Waals surface area (Å²) in [5, 5.41) is 27.5. The van der Waals surface area contributed by atoms with Gasteiger partial charge in [0.1, 0.15) is 5.58 Å². The molecule has 0 amide bonds. The van der Waals surface area contributed by atoms with Crippen LogP contribution in [0.3, 0.4) is 0 Å². The standard InChI is InChI=1S/2C19H25N2P.C8H18N2.2CH3.Hf/c2*1-5-20-18(21-19(2,3)4)22(16-12-8-6-9-13-16)17-14-10-7-11-15-17;1-6-9-7(2)10-8(3,4)5;;;/h6-15H,5H2,1-4H3,(H,20,21);6-15,18H,5H2,1-4H3;7H,6H2,1-5H3;2*1H3;/q;2*-2;2*-1;. The third-order valence-electron chi connectivity index (χ3n) is 7.20. The van der Waals surface area contributed by atoms with E-state index in [9.17, 15) is 0 Å². The number of amidine groups is 1. The minimum atomic E-state index is -0.646. The van der Waals surface area contributed by atoms with Crippen LogP contribution in [0.1, 0.15) is 90.0 Å². The fourth-order valence-electron chi connectivity index (χ4n) is 5.35. The van der Waals surface area contributed by atoms with Crippen LogP contribution in [0.5, 0.6) is 0 Å². The number of aliphatic imine (C=N–C) groups is 1. The molecule has 0 fully saturated rings. The first kappa shape index (κ1) is 57.0. The molecule has 0 heterocycles. The van der Waals surface area contributed by atoms with Crippen LogP contribution in [0.15, 0.2) is 126 Å². The zero-order chi connectivity index (χ0) is 40.2. The summed E-state index contributed by atoms with van der Waals surface area (Å²) in [4.78, 5) is 4.80. The quantitative estimate of drug-likeness (QED) is 0.0468. The smallest absolute Gasteiger partial charge is 0.129 e. The van der Waals surface area contributed by atoms with E-state index < -0.39 is 15.8 Å². The first-order valence-electron chi connectivity index (χ1n) is 19.4. The molecule has 0 bridgehead atoms. The predicted octanol–water partition coefficient (Wildman–Crippen LogP) is 12.6. The van der Waals surface area contributed by atoms with E-state index >= 15 is 0 Å². The molecule has 4 rings (SSSR count). The number of hydrogen-bond acceptors (Lipinski definition) is 1. The third kappa shape index (κ3) is 23.9. The van der Waals surface area contributed by atoms with Gasteiger partial charge >= 0.3 is 0 Å². The van der Waals surface area contributed by atoms with E-state index in [-0.39, 0.29) is 69.4 Å². The molecule has 2 atom stereocenters. The molecule has 0 aromatic heterocycles. The average Bonchev–Trinajstić information content (AvgIpc) is 3.09. The molecule has 1 N–H and O–H groups in total. The molecule has 4 aromatic carbocycles. The van der Waals surface area contributed by atoms with E-state index in [1.165, 1.54) is 21.2 Å². The van der Waals surface area contributed by atoms with E-state index in [2.05, 4.69) is 213 Å². The monoisotopic (exact) mass is 976 g/mol. The van der Waals surface area contributed by atoms with Crippen molar-refractivity contribution in [2.45, 2.75) is 119 Å². The molecule has 0 aliphatic carbocycles. The van der Waals surface area contributed by atoms with Crippen molar-refractivity contribution in [3.05, 3.63) is 157 Å². The van der Waals surface area contributed by atoms with E-state index in [0.717, 1.165) is 25.2 Å². The second kappa shape index (κ2) is 29.2. The Bertz CT molecular complexity index is 1490. The average molecular weight is 976 g/mol. The Morgan fingerprint density at radius 1 is 0.561 bits per heavy atom. The van der Waals surface area contributed by atoms with Crippen LogP contribution in [-0.4, -0.2) is 53.9 Å². The minimum absolute atomic E-state index is 0. The van der Waals surface area contributed by atoms with Crippen LogP contribution in [0.2, 0.25) is 0 Å². The normalized spacial score (nSPS) is 12.6. The van der Waals surface area contributed by atoms with Crippen molar-refractivity contribution in [2.24, 2.45) is 4.99 Å². The Hall–Kier alpha value is -2.08. The summed E-state index contributed by atoms with van der Waals surface area (Å²) in [6.07, 6.45) is 0.157. The summed E-state index contributed by atoms with van der Waals surface area (Å²) < 4.78 is 0. The Morgan fingerprint density at radius 3 is 1.21 bits per heavy atom. The number of nitrogens with one attached hydrogen (secondary N) is 1. The van der Waals surface area contributed by atoms with Gasteiger partial charge in [0.25, 0.3) is 0 Å². The fourth-order valence-corrected chi connectivity index (χ4v) is 10.4. The van der Waals surface area contributed by atoms with Crippen molar-refractivity contribution < 1.29 is 25.8 Å². The largest absolute Gasteiger partial charge is 0.678 e. The summed E-state index contributed by atoms with van der Waals surface area (Å²) in [6, 6.07) is 42.7. The van der Waals surface area contributed by atoms with Crippen molar-refractivity contribution in [1.82, 2.24) is 5.32 Å². The van der Waals surface area contributed by atoms with Crippen LogP contribution in [0.4, 0.5) is 0 Å². The van der Waals surface area contributed by atoms with E-state index in [1.807, 2.05) is 13.8 Å². The van der Waals surface area contributed by atoms with Gasteiger partial charge in [0.2, 0.25) is 0 Å². The van der Waals surface area contributed by atoms with Crippen molar-refractivity contribution in [3.8, 4) is 0 Å². The molecule has 9 heteroatoms. The molecule has 0 radical (unpaired) electrons. The molecule has 0 spiro atoms. The molecule has 0 aliphatic rings. The molecular formula is C48H74HfN6P2-6. The number of benzene rings is 4. The van der Waals surface area contributed by atoms with Gasteiger partial charge in [-0.15, -0.1) is 18.0 Å². The molecule has 2 unspecified atom stereocenters. The van der Waals surface area contributed by atoms with Gasteiger partial charge < -0.3 is 41.4 Å². The number of hydrogen-bond donors (Lipinski definition) is 1. The van der Waals surface area contributed by atoms with Gasteiger partial charge in [-0.05, 0) is 48.9 Å². The van der Waals surface area contributed by atoms with E-state index in [0.29, 0.717) is 0 Å². The van der Waals surface area contributed by atoms with Crippen molar-refractivity contribution in [1.29, 1.82) is 0 Å². The summed E-state index contributed by atoms with van der Waals surface area (Å²) >= 11 is 0. The Kier molecular flexibility index (Phi) is 29.2. The van der Waals surface area contributed by atoms with Crippen molar-refractivity contribution in [2.75, 3.05) is 19.6 Å². The van der Waals surface area contributed by atoms with Gasteiger partial charge in [-0.25, -0.2) is 12.1 Å². The molecule has 0 saturated heterocycles. The molecule has 4 aromatic rings. The zero-order valence-electron chi connectivity index (χ0n) is 38.0. The van der Waals surface area contributed by atoms with Gasteiger partial charge in [0.05, 0.1) is 0 Å². The zero-order valence-corrected chi connectivity index (χ0v) is 43.3. The van der Waals surface area contributed by atoms with Crippen LogP contribution >= 0.6 is 15.8 Å². The van der Waals surface area contributed by atoms with Crippen molar-refractivity contribution >= 4 is 42.6 Å². The summed E-state index contributed by atoms with van der Waals surface area (Å²) in [6.45, 7) is 30.0. The maximum absolute atomic E-state index is 5.01. The van der Waals surface area contributed by atoms with Crippen LogP contribution in [-0.2, 0) is 25.8 Å². The molecule has 57 heavy (non-hydrogen) atoms. The fraction of sp³-hybridized carbons (Fsp3) is 0.438. The van der Waals surface area contributed by atoms with Gasteiger partial charge in [0, 0.05) is 45.8 Å². The topological polar surface area (TPSA) is 80.8 Å². The Morgan fingerprint density at radius 2 is 0.912 bits per heavy atom. The number of rotatable bonds is 13. The first-order chi connectivity index (χ1) is 25.5. The summed E-state index contributed by atoms with van der Waals surface area (Å²) in [7, 11) is -1.26. The second-order valence-electron chi connectivity index (χ2n) is 15.8. The minimum Gasteiger partial charge on any atom is -0.678 e. The number of nitrogens with zero attached hydrogens (tertiary/aromatic N) is 5.